The minimum Gasteiger partial charge on any atom is -0.375 e. The number of piperidine rings is 1. The summed E-state index contributed by atoms with van der Waals surface area (Å²) in [6, 6.07) is 0. The van der Waals surface area contributed by atoms with Gasteiger partial charge in [-0.3, -0.25) is 0 Å². The first-order valence-corrected chi connectivity index (χ1v) is 5.15. The van der Waals surface area contributed by atoms with Crippen LogP contribution < -0.4 is 5.32 Å². The van der Waals surface area contributed by atoms with Gasteiger partial charge >= 0.3 is 0 Å². The van der Waals surface area contributed by atoms with Crippen molar-refractivity contribution in [1.29, 1.82) is 0 Å². The minimum absolute atomic E-state index is 0.267. The molecule has 70 valence electrons. The fraction of sp³-hybridized carbons (Fsp3) is 1.00. The second-order valence-corrected chi connectivity index (χ2v) is 4.38. The van der Waals surface area contributed by atoms with Crippen molar-refractivity contribution in [2.45, 2.75) is 38.2 Å². The molecule has 0 saturated carbocycles. The van der Waals surface area contributed by atoms with Gasteiger partial charge in [0.1, 0.15) is 0 Å². The molecular formula is C10H19NO. The first-order valence-electron chi connectivity index (χ1n) is 5.15. The van der Waals surface area contributed by atoms with Gasteiger partial charge in [0, 0.05) is 6.61 Å². The summed E-state index contributed by atoms with van der Waals surface area (Å²) in [4.78, 5) is 0. The molecule has 1 N–H and O–H groups in total. The van der Waals surface area contributed by atoms with Crippen LogP contribution >= 0.6 is 0 Å². The Kier molecular flexibility index (Phi) is 2.37. The summed E-state index contributed by atoms with van der Waals surface area (Å²) >= 11 is 0. The van der Waals surface area contributed by atoms with E-state index in [9.17, 15) is 0 Å². The zero-order valence-corrected chi connectivity index (χ0v) is 7.94. The molecule has 2 heterocycles. The van der Waals surface area contributed by atoms with Crippen molar-refractivity contribution in [2.24, 2.45) is 5.92 Å². The smallest absolute Gasteiger partial charge is 0.0709 e. The van der Waals surface area contributed by atoms with E-state index in [2.05, 4.69) is 12.2 Å². The van der Waals surface area contributed by atoms with Crippen LogP contribution in [0.1, 0.15) is 32.6 Å². The Balaban J connectivity index is 1.97. The first kappa shape index (κ1) is 8.52. The lowest BCUT2D eigenvalue weighted by molar-refractivity contribution is -0.110. The number of rotatable bonds is 0. The summed E-state index contributed by atoms with van der Waals surface area (Å²) in [5.41, 5.74) is 0.267. The number of ether oxygens (including phenoxy) is 1. The summed E-state index contributed by atoms with van der Waals surface area (Å²) < 4.78 is 5.94. The third kappa shape index (κ3) is 1.64. The molecule has 1 unspecified atom stereocenters. The van der Waals surface area contributed by atoms with Gasteiger partial charge in [0.2, 0.25) is 0 Å². The Hall–Kier alpha value is -0.0800. The molecule has 0 aromatic heterocycles. The molecule has 0 aromatic carbocycles. The van der Waals surface area contributed by atoms with Crippen molar-refractivity contribution in [3.63, 3.8) is 0 Å². The van der Waals surface area contributed by atoms with Crippen molar-refractivity contribution < 1.29 is 4.74 Å². The molecule has 2 rings (SSSR count). The van der Waals surface area contributed by atoms with Gasteiger partial charge in [-0.25, -0.2) is 0 Å². The van der Waals surface area contributed by atoms with Crippen LogP contribution in [0.5, 0.6) is 0 Å². The van der Waals surface area contributed by atoms with Crippen LogP contribution in [-0.2, 0) is 4.74 Å². The standard InChI is InChI=1S/C10H19NO/c1-9-2-7-12-10(8-9)3-5-11-6-4-10/h9,11H,2-8H2,1H3. The highest BCUT2D eigenvalue weighted by Crippen LogP contribution is 2.35. The molecule has 2 aliphatic heterocycles. The van der Waals surface area contributed by atoms with Gasteiger partial charge in [-0.05, 0) is 44.7 Å². The van der Waals surface area contributed by atoms with E-state index >= 15 is 0 Å². The molecule has 2 nitrogen and oxygen atoms in total. The summed E-state index contributed by atoms with van der Waals surface area (Å²) in [6.45, 7) is 5.63. The quantitative estimate of drug-likeness (QED) is 0.594. The summed E-state index contributed by atoms with van der Waals surface area (Å²) in [7, 11) is 0. The maximum absolute atomic E-state index is 5.94. The van der Waals surface area contributed by atoms with Crippen LogP contribution in [-0.4, -0.2) is 25.3 Å². The van der Waals surface area contributed by atoms with Gasteiger partial charge in [0.15, 0.2) is 0 Å². The Morgan fingerprint density at radius 2 is 2.08 bits per heavy atom. The monoisotopic (exact) mass is 169 g/mol. The highest BCUT2D eigenvalue weighted by molar-refractivity contribution is 4.89. The number of hydrogen-bond donors (Lipinski definition) is 1. The van der Waals surface area contributed by atoms with Crippen LogP contribution in [0, 0.1) is 5.92 Å². The van der Waals surface area contributed by atoms with Gasteiger partial charge in [-0.2, -0.15) is 0 Å². The molecule has 1 atom stereocenters. The Morgan fingerprint density at radius 1 is 1.33 bits per heavy atom. The molecule has 0 radical (unpaired) electrons. The molecule has 2 aliphatic rings. The van der Waals surface area contributed by atoms with Crippen molar-refractivity contribution in [2.75, 3.05) is 19.7 Å². The zero-order chi connectivity index (χ0) is 8.44. The summed E-state index contributed by atoms with van der Waals surface area (Å²) in [5.74, 6) is 0.872. The lowest BCUT2D eigenvalue weighted by atomic mass is 9.81. The minimum atomic E-state index is 0.267. The molecule has 0 bridgehead atoms. The van der Waals surface area contributed by atoms with Crippen molar-refractivity contribution in [1.82, 2.24) is 5.32 Å². The van der Waals surface area contributed by atoms with E-state index in [-0.39, 0.29) is 5.60 Å². The normalized spacial score (nSPS) is 35.2. The predicted molar refractivity (Wildman–Crippen MR) is 49.2 cm³/mol. The Labute approximate surface area is 74.7 Å². The summed E-state index contributed by atoms with van der Waals surface area (Å²) in [6.07, 6.45) is 4.98. The van der Waals surface area contributed by atoms with Crippen molar-refractivity contribution in [3.8, 4) is 0 Å². The van der Waals surface area contributed by atoms with Crippen LogP contribution in [0.25, 0.3) is 0 Å². The van der Waals surface area contributed by atoms with Gasteiger partial charge in [0.25, 0.3) is 0 Å². The van der Waals surface area contributed by atoms with Crippen molar-refractivity contribution >= 4 is 0 Å². The van der Waals surface area contributed by atoms with Crippen LogP contribution in [0.3, 0.4) is 0 Å². The van der Waals surface area contributed by atoms with Crippen LogP contribution in [0.15, 0.2) is 0 Å². The third-order valence-corrected chi connectivity index (χ3v) is 3.25. The van der Waals surface area contributed by atoms with Gasteiger partial charge in [-0.15, -0.1) is 0 Å². The predicted octanol–water partition coefficient (Wildman–Crippen LogP) is 1.56. The largest absolute Gasteiger partial charge is 0.375 e. The lowest BCUT2D eigenvalue weighted by Crippen LogP contribution is -2.47. The van der Waals surface area contributed by atoms with Crippen molar-refractivity contribution in [3.05, 3.63) is 0 Å². The first-order chi connectivity index (χ1) is 5.81. The topological polar surface area (TPSA) is 21.3 Å². The Morgan fingerprint density at radius 3 is 2.75 bits per heavy atom. The number of hydrogen-bond acceptors (Lipinski definition) is 2. The molecule has 2 heteroatoms. The van der Waals surface area contributed by atoms with E-state index in [1.54, 1.807) is 0 Å². The van der Waals surface area contributed by atoms with E-state index in [4.69, 9.17) is 4.74 Å². The molecule has 2 fully saturated rings. The lowest BCUT2D eigenvalue weighted by Gasteiger charge is -2.42. The zero-order valence-electron chi connectivity index (χ0n) is 7.94. The Bertz CT molecular complexity index is 146. The van der Waals surface area contributed by atoms with E-state index in [1.807, 2.05) is 0 Å². The SMILES string of the molecule is CC1CCOC2(CCNCC2)C1. The maximum atomic E-state index is 5.94. The fourth-order valence-electron chi connectivity index (χ4n) is 2.50. The average molecular weight is 169 g/mol. The second-order valence-electron chi connectivity index (χ2n) is 4.38. The molecule has 1 spiro atoms. The van der Waals surface area contributed by atoms with E-state index in [0.29, 0.717) is 0 Å². The molecule has 2 saturated heterocycles. The fourth-order valence-corrected chi connectivity index (χ4v) is 2.50. The molecule has 0 aliphatic carbocycles. The molecule has 0 amide bonds. The van der Waals surface area contributed by atoms with Gasteiger partial charge in [-0.1, -0.05) is 6.92 Å². The highest BCUT2D eigenvalue weighted by Gasteiger charge is 2.36. The number of nitrogens with one attached hydrogen (secondary N) is 1. The van der Waals surface area contributed by atoms with Crippen LogP contribution in [0.4, 0.5) is 0 Å². The highest BCUT2D eigenvalue weighted by atomic mass is 16.5. The van der Waals surface area contributed by atoms with Gasteiger partial charge in [0.05, 0.1) is 5.60 Å². The maximum Gasteiger partial charge on any atom is 0.0709 e. The molecule has 0 aromatic rings. The molecular weight excluding hydrogens is 150 g/mol. The van der Waals surface area contributed by atoms with E-state index in [0.717, 1.165) is 25.6 Å². The van der Waals surface area contributed by atoms with E-state index in [1.165, 1.54) is 25.7 Å². The molecule has 12 heavy (non-hydrogen) atoms. The van der Waals surface area contributed by atoms with E-state index < -0.39 is 0 Å². The van der Waals surface area contributed by atoms with Crippen LogP contribution in [0.2, 0.25) is 0 Å². The van der Waals surface area contributed by atoms with Gasteiger partial charge < -0.3 is 10.1 Å². The second kappa shape index (κ2) is 3.35. The summed E-state index contributed by atoms with van der Waals surface area (Å²) in [5, 5.41) is 3.39. The average Bonchev–Trinajstić information content (AvgIpc) is 2.05. The third-order valence-electron chi connectivity index (χ3n) is 3.25.